The highest BCUT2D eigenvalue weighted by atomic mass is 15.3. The molecular weight excluding hydrogens is 178 g/mol. The molecule has 0 amide bonds. The summed E-state index contributed by atoms with van der Waals surface area (Å²) >= 11 is 0. The van der Waals surface area contributed by atoms with E-state index in [-0.39, 0.29) is 6.04 Å². The van der Waals surface area contributed by atoms with E-state index in [1.807, 2.05) is 18.7 Å². The molecular formula is C9H19N5. The van der Waals surface area contributed by atoms with Gasteiger partial charge in [0.15, 0.2) is 5.82 Å². The van der Waals surface area contributed by atoms with Crippen molar-refractivity contribution in [1.29, 1.82) is 0 Å². The van der Waals surface area contributed by atoms with Crippen molar-refractivity contribution in [2.45, 2.75) is 26.3 Å². The quantitative estimate of drug-likeness (QED) is 0.752. The van der Waals surface area contributed by atoms with Gasteiger partial charge in [0.1, 0.15) is 0 Å². The Morgan fingerprint density at radius 2 is 2.14 bits per heavy atom. The first-order chi connectivity index (χ1) is 6.61. The fourth-order valence-corrected chi connectivity index (χ4v) is 1.36. The van der Waals surface area contributed by atoms with E-state index < -0.39 is 0 Å². The third-order valence-corrected chi connectivity index (χ3v) is 2.69. The van der Waals surface area contributed by atoms with Crippen LogP contribution >= 0.6 is 0 Å². The lowest BCUT2D eigenvalue weighted by Crippen LogP contribution is -2.22. The van der Waals surface area contributed by atoms with Crippen molar-refractivity contribution in [3.05, 3.63) is 5.82 Å². The lowest BCUT2D eigenvalue weighted by atomic mass is 9.99. The molecule has 5 nitrogen and oxygen atoms in total. The molecule has 0 radical (unpaired) electrons. The van der Waals surface area contributed by atoms with Crippen molar-refractivity contribution in [2.24, 2.45) is 18.7 Å². The Morgan fingerprint density at radius 3 is 2.57 bits per heavy atom. The van der Waals surface area contributed by atoms with Crippen LogP contribution in [0.3, 0.4) is 0 Å². The average molecular weight is 197 g/mol. The van der Waals surface area contributed by atoms with Gasteiger partial charge in [-0.3, -0.25) is 4.57 Å². The SMILES string of the molecule is CC[C@H](C)[C@H](N)c1nnc(NC)n1C. The highest BCUT2D eigenvalue weighted by Gasteiger charge is 2.19. The van der Waals surface area contributed by atoms with Gasteiger partial charge in [-0.25, -0.2) is 0 Å². The molecule has 5 heteroatoms. The van der Waals surface area contributed by atoms with Crippen LogP contribution in [0.2, 0.25) is 0 Å². The number of rotatable bonds is 4. The van der Waals surface area contributed by atoms with Crippen molar-refractivity contribution in [1.82, 2.24) is 14.8 Å². The van der Waals surface area contributed by atoms with Gasteiger partial charge in [-0.1, -0.05) is 20.3 Å². The van der Waals surface area contributed by atoms with E-state index in [1.165, 1.54) is 0 Å². The zero-order chi connectivity index (χ0) is 10.7. The molecule has 1 rings (SSSR count). The van der Waals surface area contributed by atoms with Crippen LogP contribution in [0.1, 0.15) is 32.1 Å². The van der Waals surface area contributed by atoms with Gasteiger partial charge < -0.3 is 11.1 Å². The summed E-state index contributed by atoms with van der Waals surface area (Å²) in [7, 11) is 3.74. The topological polar surface area (TPSA) is 68.8 Å². The number of nitrogens with one attached hydrogen (secondary N) is 1. The first-order valence-corrected chi connectivity index (χ1v) is 4.94. The van der Waals surface area contributed by atoms with Crippen LogP contribution in [0.15, 0.2) is 0 Å². The summed E-state index contributed by atoms with van der Waals surface area (Å²) < 4.78 is 1.90. The molecule has 80 valence electrons. The molecule has 0 saturated carbocycles. The largest absolute Gasteiger partial charge is 0.357 e. The standard InChI is InChI=1S/C9H19N5/c1-5-6(2)7(10)8-12-13-9(11-3)14(8)4/h6-7H,5,10H2,1-4H3,(H,11,13)/t6-,7-/m0/s1. The predicted molar refractivity (Wildman–Crippen MR) is 56.9 cm³/mol. The summed E-state index contributed by atoms with van der Waals surface area (Å²) in [5, 5.41) is 11.0. The normalized spacial score (nSPS) is 15.2. The van der Waals surface area contributed by atoms with E-state index >= 15 is 0 Å². The van der Waals surface area contributed by atoms with Crippen LogP contribution in [0.4, 0.5) is 5.95 Å². The summed E-state index contributed by atoms with van der Waals surface area (Å²) in [6, 6.07) is -0.0420. The minimum absolute atomic E-state index is 0.0420. The number of anilines is 1. The van der Waals surface area contributed by atoms with E-state index in [9.17, 15) is 0 Å². The molecule has 0 spiro atoms. The summed E-state index contributed by atoms with van der Waals surface area (Å²) in [6.45, 7) is 4.25. The zero-order valence-electron chi connectivity index (χ0n) is 9.28. The molecule has 0 bridgehead atoms. The fraction of sp³-hybridized carbons (Fsp3) is 0.778. The molecule has 0 fully saturated rings. The Labute approximate surface area is 84.7 Å². The third kappa shape index (κ3) is 1.87. The monoisotopic (exact) mass is 197 g/mol. The second kappa shape index (κ2) is 4.41. The van der Waals surface area contributed by atoms with Gasteiger partial charge in [-0.15, -0.1) is 10.2 Å². The Kier molecular flexibility index (Phi) is 3.46. The molecule has 14 heavy (non-hydrogen) atoms. The van der Waals surface area contributed by atoms with Gasteiger partial charge in [0.25, 0.3) is 0 Å². The summed E-state index contributed by atoms with van der Waals surface area (Å²) in [5.74, 6) is 2.00. The van der Waals surface area contributed by atoms with Crippen molar-refractivity contribution in [3.63, 3.8) is 0 Å². The van der Waals surface area contributed by atoms with Crippen LogP contribution in [0.25, 0.3) is 0 Å². The van der Waals surface area contributed by atoms with Crippen LogP contribution in [0.5, 0.6) is 0 Å². The Bertz CT molecular complexity index is 293. The first-order valence-electron chi connectivity index (χ1n) is 4.94. The molecule has 0 aliphatic carbocycles. The highest BCUT2D eigenvalue weighted by Crippen LogP contribution is 2.20. The second-order valence-electron chi connectivity index (χ2n) is 3.60. The molecule has 0 aromatic carbocycles. The van der Waals surface area contributed by atoms with Gasteiger partial charge in [0.2, 0.25) is 5.95 Å². The number of nitrogens with zero attached hydrogens (tertiary/aromatic N) is 3. The smallest absolute Gasteiger partial charge is 0.224 e. The molecule has 1 aromatic rings. The summed E-state index contributed by atoms with van der Waals surface area (Å²) in [5.41, 5.74) is 6.07. The lowest BCUT2D eigenvalue weighted by Gasteiger charge is -2.17. The van der Waals surface area contributed by atoms with E-state index in [1.54, 1.807) is 0 Å². The van der Waals surface area contributed by atoms with Crippen LogP contribution in [-0.2, 0) is 7.05 Å². The Hall–Kier alpha value is -1.10. The molecule has 3 N–H and O–H groups in total. The van der Waals surface area contributed by atoms with Gasteiger partial charge in [0, 0.05) is 14.1 Å². The Balaban J connectivity index is 2.90. The molecule has 0 aliphatic rings. The van der Waals surface area contributed by atoms with Gasteiger partial charge in [-0.05, 0) is 5.92 Å². The molecule has 0 unspecified atom stereocenters. The number of hydrogen-bond donors (Lipinski definition) is 2. The minimum atomic E-state index is -0.0420. The highest BCUT2D eigenvalue weighted by molar-refractivity contribution is 5.24. The van der Waals surface area contributed by atoms with E-state index in [4.69, 9.17) is 5.73 Å². The maximum absolute atomic E-state index is 6.07. The maximum atomic E-state index is 6.07. The number of nitrogens with two attached hydrogens (primary N) is 1. The zero-order valence-corrected chi connectivity index (χ0v) is 9.28. The van der Waals surface area contributed by atoms with Crippen LogP contribution in [0, 0.1) is 5.92 Å². The molecule has 0 saturated heterocycles. The predicted octanol–water partition coefficient (Wildman–Crippen LogP) is 0.903. The van der Waals surface area contributed by atoms with Crippen molar-refractivity contribution in [3.8, 4) is 0 Å². The summed E-state index contributed by atoms with van der Waals surface area (Å²) in [6.07, 6.45) is 1.04. The minimum Gasteiger partial charge on any atom is -0.357 e. The average Bonchev–Trinajstić information content (AvgIpc) is 2.57. The van der Waals surface area contributed by atoms with E-state index in [0.717, 1.165) is 18.2 Å². The second-order valence-corrected chi connectivity index (χ2v) is 3.60. The van der Waals surface area contributed by atoms with Crippen molar-refractivity contribution < 1.29 is 0 Å². The van der Waals surface area contributed by atoms with E-state index in [0.29, 0.717) is 5.92 Å². The molecule has 0 aliphatic heterocycles. The first kappa shape index (κ1) is 11.0. The van der Waals surface area contributed by atoms with Crippen LogP contribution < -0.4 is 11.1 Å². The van der Waals surface area contributed by atoms with Gasteiger partial charge in [0.05, 0.1) is 6.04 Å². The lowest BCUT2D eigenvalue weighted by molar-refractivity contribution is 0.429. The molecule has 1 aromatic heterocycles. The molecule has 1 heterocycles. The number of hydrogen-bond acceptors (Lipinski definition) is 4. The number of aromatic nitrogens is 3. The van der Waals surface area contributed by atoms with Crippen molar-refractivity contribution >= 4 is 5.95 Å². The van der Waals surface area contributed by atoms with Gasteiger partial charge in [-0.2, -0.15) is 0 Å². The Morgan fingerprint density at radius 1 is 1.50 bits per heavy atom. The summed E-state index contributed by atoms with van der Waals surface area (Å²) in [4.78, 5) is 0. The molecule has 2 atom stereocenters. The van der Waals surface area contributed by atoms with Crippen LogP contribution in [-0.4, -0.2) is 21.8 Å². The fourth-order valence-electron chi connectivity index (χ4n) is 1.36. The third-order valence-electron chi connectivity index (χ3n) is 2.69. The van der Waals surface area contributed by atoms with E-state index in [2.05, 4.69) is 29.4 Å². The van der Waals surface area contributed by atoms with Crippen molar-refractivity contribution in [2.75, 3.05) is 12.4 Å². The maximum Gasteiger partial charge on any atom is 0.224 e. The van der Waals surface area contributed by atoms with Gasteiger partial charge >= 0.3 is 0 Å².